The highest BCUT2D eigenvalue weighted by atomic mass is 79.9. The maximum absolute atomic E-state index is 13.1. The van der Waals surface area contributed by atoms with Crippen molar-refractivity contribution in [2.45, 2.75) is 0 Å². The number of rotatable bonds is 9. The zero-order chi connectivity index (χ0) is 25.3. The molecule has 0 fully saturated rings. The van der Waals surface area contributed by atoms with Crippen LogP contribution in [-0.4, -0.2) is 76.8 Å². The Morgan fingerprint density at radius 2 is 1.74 bits per heavy atom. The molecule has 1 aliphatic rings. The SMILES string of the molecule is Cn1c(C(=O)NCCN(CCO)CCO)c(Br)c2c3c(c(-c4ccccc4Cl)cc21)C(=O)NC3=O. The summed E-state index contributed by atoms with van der Waals surface area (Å²) >= 11 is 9.91. The van der Waals surface area contributed by atoms with Gasteiger partial charge in [-0.3, -0.25) is 24.6 Å². The summed E-state index contributed by atoms with van der Waals surface area (Å²) in [7, 11) is 1.71. The number of nitrogens with one attached hydrogen (secondary N) is 2. The van der Waals surface area contributed by atoms with E-state index in [1.807, 2.05) is 4.90 Å². The third-order valence-corrected chi connectivity index (χ3v) is 7.14. The first kappa shape index (κ1) is 25.3. The predicted molar refractivity (Wildman–Crippen MR) is 136 cm³/mol. The topological polar surface area (TPSA) is 124 Å². The second-order valence-electron chi connectivity index (χ2n) is 8.10. The lowest BCUT2D eigenvalue weighted by atomic mass is 9.94. The number of carbonyl (C=O) groups is 3. The highest BCUT2D eigenvalue weighted by Crippen LogP contribution is 2.42. The minimum Gasteiger partial charge on any atom is -0.395 e. The van der Waals surface area contributed by atoms with E-state index in [0.717, 1.165) is 0 Å². The van der Waals surface area contributed by atoms with Gasteiger partial charge in [0, 0.05) is 49.2 Å². The Morgan fingerprint density at radius 3 is 2.40 bits per heavy atom. The molecule has 0 atom stereocenters. The van der Waals surface area contributed by atoms with Crippen LogP contribution in [-0.2, 0) is 7.05 Å². The molecule has 0 spiro atoms. The maximum Gasteiger partial charge on any atom is 0.269 e. The van der Waals surface area contributed by atoms with E-state index in [1.54, 1.807) is 41.9 Å². The van der Waals surface area contributed by atoms with Crippen molar-refractivity contribution < 1.29 is 24.6 Å². The normalized spacial score (nSPS) is 13.0. The minimum atomic E-state index is -0.536. The van der Waals surface area contributed by atoms with Crippen LogP contribution in [0.25, 0.3) is 22.0 Å². The van der Waals surface area contributed by atoms with Crippen molar-refractivity contribution in [1.82, 2.24) is 20.1 Å². The van der Waals surface area contributed by atoms with Crippen LogP contribution in [0.4, 0.5) is 0 Å². The molecule has 4 rings (SSSR count). The Balaban J connectivity index is 1.78. The molecule has 4 N–H and O–H groups in total. The van der Waals surface area contributed by atoms with Gasteiger partial charge in [0.1, 0.15) is 5.69 Å². The summed E-state index contributed by atoms with van der Waals surface area (Å²) in [6.45, 7) is 1.39. The molecule has 9 nitrogen and oxygen atoms in total. The van der Waals surface area contributed by atoms with Crippen molar-refractivity contribution in [3.8, 4) is 11.1 Å². The molecule has 0 radical (unpaired) electrons. The number of aryl methyl sites for hydroxylation is 1. The average Bonchev–Trinajstić information content (AvgIpc) is 3.26. The molecule has 1 aliphatic heterocycles. The number of amides is 3. The van der Waals surface area contributed by atoms with E-state index >= 15 is 0 Å². The molecule has 3 amide bonds. The highest BCUT2D eigenvalue weighted by Gasteiger charge is 2.36. The van der Waals surface area contributed by atoms with Gasteiger partial charge in [0.2, 0.25) is 0 Å². The van der Waals surface area contributed by atoms with Crippen LogP contribution < -0.4 is 10.6 Å². The lowest BCUT2D eigenvalue weighted by Crippen LogP contribution is -2.38. The number of nitrogens with zero attached hydrogens (tertiary/aromatic N) is 2. The lowest BCUT2D eigenvalue weighted by molar-refractivity contribution is 0.0877. The molecule has 0 unspecified atom stereocenters. The number of benzene rings is 2. The van der Waals surface area contributed by atoms with E-state index in [2.05, 4.69) is 26.6 Å². The van der Waals surface area contributed by atoms with Gasteiger partial charge in [-0.25, -0.2) is 0 Å². The molecule has 0 bridgehead atoms. The molecule has 0 aliphatic carbocycles. The molecular formula is C24H24BrClN4O5. The van der Waals surface area contributed by atoms with E-state index < -0.39 is 11.8 Å². The molecule has 0 saturated heterocycles. The van der Waals surface area contributed by atoms with Gasteiger partial charge in [0.05, 0.1) is 34.3 Å². The summed E-state index contributed by atoms with van der Waals surface area (Å²) in [5.74, 6) is -1.43. The average molecular weight is 564 g/mol. The number of aliphatic hydroxyl groups excluding tert-OH is 2. The van der Waals surface area contributed by atoms with Crippen LogP contribution >= 0.6 is 27.5 Å². The van der Waals surface area contributed by atoms with Crippen LogP contribution in [0, 0.1) is 0 Å². The van der Waals surface area contributed by atoms with Gasteiger partial charge in [-0.1, -0.05) is 29.8 Å². The number of hydrogen-bond donors (Lipinski definition) is 4. The van der Waals surface area contributed by atoms with Gasteiger partial charge in [-0.15, -0.1) is 0 Å². The van der Waals surface area contributed by atoms with Crippen LogP contribution in [0.1, 0.15) is 31.2 Å². The summed E-state index contributed by atoms with van der Waals surface area (Å²) in [6, 6.07) is 8.82. The summed E-state index contributed by atoms with van der Waals surface area (Å²) in [5, 5.41) is 24.4. The van der Waals surface area contributed by atoms with E-state index in [9.17, 15) is 14.4 Å². The van der Waals surface area contributed by atoms with Crippen molar-refractivity contribution in [2.24, 2.45) is 7.05 Å². The monoisotopic (exact) mass is 562 g/mol. The van der Waals surface area contributed by atoms with E-state index in [-0.39, 0.29) is 36.8 Å². The summed E-state index contributed by atoms with van der Waals surface area (Å²) in [5.41, 5.74) is 2.40. The highest BCUT2D eigenvalue weighted by molar-refractivity contribution is 9.10. The summed E-state index contributed by atoms with van der Waals surface area (Å²) < 4.78 is 2.08. The Morgan fingerprint density at radius 1 is 1.09 bits per heavy atom. The summed E-state index contributed by atoms with van der Waals surface area (Å²) in [4.78, 5) is 40.6. The first-order valence-corrected chi connectivity index (χ1v) is 12.1. The van der Waals surface area contributed by atoms with Gasteiger partial charge in [0.25, 0.3) is 17.7 Å². The zero-order valence-electron chi connectivity index (χ0n) is 18.9. The molecule has 3 aromatic rings. The Hall–Kier alpha value is -2.76. The zero-order valence-corrected chi connectivity index (χ0v) is 21.2. The number of hydrogen-bond acceptors (Lipinski definition) is 6. The number of carbonyl (C=O) groups excluding carboxylic acids is 3. The first-order valence-electron chi connectivity index (χ1n) is 11.0. The number of halogens is 2. The fourth-order valence-corrected chi connectivity index (χ4v) is 5.49. The van der Waals surface area contributed by atoms with Gasteiger partial charge >= 0.3 is 0 Å². The van der Waals surface area contributed by atoms with E-state index in [1.165, 1.54) is 0 Å². The fraction of sp³-hybridized carbons (Fsp3) is 0.292. The molecule has 11 heteroatoms. The maximum atomic E-state index is 13.1. The summed E-state index contributed by atoms with van der Waals surface area (Å²) in [6.07, 6.45) is 0. The Kier molecular flexibility index (Phi) is 7.58. The van der Waals surface area contributed by atoms with Gasteiger partial charge in [-0.05, 0) is 33.6 Å². The van der Waals surface area contributed by atoms with Gasteiger partial charge in [0.15, 0.2) is 0 Å². The Bertz CT molecular complexity index is 1330. The molecule has 1 aromatic heterocycles. The molecule has 0 saturated carbocycles. The van der Waals surface area contributed by atoms with Crippen molar-refractivity contribution in [3.63, 3.8) is 0 Å². The minimum absolute atomic E-state index is 0.0532. The molecule has 35 heavy (non-hydrogen) atoms. The largest absolute Gasteiger partial charge is 0.395 e. The van der Waals surface area contributed by atoms with Crippen molar-refractivity contribution in [2.75, 3.05) is 39.4 Å². The molecule has 2 aromatic carbocycles. The second-order valence-corrected chi connectivity index (χ2v) is 9.30. The molecule has 2 heterocycles. The van der Waals surface area contributed by atoms with E-state index in [4.69, 9.17) is 21.8 Å². The predicted octanol–water partition coefficient (Wildman–Crippen LogP) is 2.16. The van der Waals surface area contributed by atoms with Crippen LogP contribution in [0.5, 0.6) is 0 Å². The second kappa shape index (κ2) is 10.5. The molecule has 184 valence electrons. The standard InChI is InChI=1S/C24H24BrClN4O5/c1-29-16-12-14(13-4-2-3-5-15(13)26)17-19(23(34)28-22(17)33)18(16)20(25)21(29)24(35)27-6-7-30(8-10-31)9-11-32/h2-5,12,31-32H,6-11H2,1H3,(H,27,35)(H,28,33,34). The van der Waals surface area contributed by atoms with E-state index in [0.29, 0.717) is 56.9 Å². The third-order valence-electron chi connectivity index (χ3n) is 6.04. The van der Waals surface area contributed by atoms with Crippen molar-refractivity contribution >= 4 is 56.2 Å². The van der Waals surface area contributed by atoms with Crippen molar-refractivity contribution in [1.29, 1.82) is 0 Å². The van der Waals surface area contributed by atoms with Crippen LogP contribution in [0.15, 0.2) is 34.8 Å². The van der Waals surface area contributed by atoms with Gasteiger partial charge < -0.3 is 20.1 Å². The van der Waals surface area contributed by atoms with Gasteiger partial charge in [-0.2, -0.15) is 0 Å². The van der Waals surface area contributed by atoms with Crippen molar-refractivity contribution in [3.05, 3.63) is 56.6 Å². The van der Waals surface area contributed by atoms with Crippen LogP contribution in [0.2, 0.25) is 5.02 Å². The quantitative estimate of drug-likeness (QED) is 0.296. The lowest BCUT2D eigenvalue weighted by Gasteiger charge is -2.20. The van der Waals surface area contributed by atoms with Crippen LogP contribution in [0.3, 0.4) is 0 Å². The number of aromatic nitrogens is 1. The first-order chi connectivity index (χ1) is 16.8. The molecular weight excluding hydrogens is 540 g/mol. The smallest absolute Gasteiger partial charge is 0.269 e. The number of aliphatic hydroxyl groups is 2. The number of fused-ring (bicyclic) bond motifs is 3. The number of imide groups is 1. The third kappa shape index (κ3) is 4.60. The Labute approximate surface area is 214 Å². The fourth-order valence-electron chi connectivity index (χ4n) is 4.41.